The predicted molar refractivity (Wildman–Crippen MR) is 66.0 cm³/mol. The van der Waals surface area contributed by atoms with Crippen molar-refractivity contribution in [3.05, 3.63) is 0 Å². The van der Waals surface area contributed by atoms with Crippen LogP contribution in [0.3, 0.4) is 0 Å². The fourth-order valence-electron chi connectivity index (χ4n) is 3.71. The minimum absolute atomic E-state index is 0.455. The zero-order valence-electron chi connectivity index (χ0n) is 10.5. The zero-order chi connectivity index (χ0) is 10.7. The van der Waals surface area contributed by atoms with Gasteiger partial charge in [-0.1, -0.05) is 32.1 Å². The summed E-state index contributed by atoms with van der Waals surface area (Å²) in [6, 6.07) is 0.736. The summed E-state index contributed by atoms with van der Waals surface area (Å²) in [7, 11) is 0. The van der Waals surface area contributed by atoms with Crippen molar-refractivity contribution in [2.24, 2.45) is 5.92 Å². The zero-order valence-corrected chi connectivity index (χ0v) is 10.5. The fourth-order valence-corrected chi connectivity index (χ4v) is 3.71. The molecule has 1 nitrogen and oxygen atoms in total. The van der Waals surface area contributed by atoms with E-state index >= 15 is 0 Å². The molecule has 2 atom stereocenters. The van der Waals surface area contributed by atoms with E-state index in [1.54, 1.807) is 0 Å². The standard InChI is InChI=1S/C14H27N/c1-12-8-6-7-11-14(2,15-12)13-9-4-3-5-10-13/h12-13,15H,3-11H2,1-2H3. The third-order valence-electron chi connectivity index (χ3n) is 4.67. The molecule has 0 amide bonds. The molecule has 0 aromatic heterocycles. The Balaban J connectivity index is 2.01. The minimum atomic E-state index is 0.455. The van der Waals surface area contributed by atoms with E-state index in [9.17, 15) is 0 Å². The van der Waals surface area contributed by atoms with E-state index in [0.717, 1.165) is 12.0 Å². The van der Waals surface area contributed by atoms with Crippen molar-refractivity contribution in [3.8, 4) is 0 Å². The van der Waals surface area contributed by atoms with E-state index in [4.69, 9.17) is 0 Å². The molecule has 2 rings (SSSR count). The average molecular weight is 209 g/mol. The van der Waals surface area contributed by atoms with Gasteiger partial charge in [0.1, 0.15) is 0 Å². The maximum Gasteiger partial charge on any atom is 0.0183 e. The molecule has 0 bridgehead atoms. The summed E-state index contributed by atoms with van der Waals surface area (Å²) in [5.41, 5.74) is 0.455. The van der Waals surface area contributed by atoms with Crippen LogP contribution < -0.4 is 5.32 Å². The molecule has 1 aliphatic carbocycles. The van der Waals surface area contributed by atoms with Crippen LogP contribution in [0.15, 0.2) is 0 Å². The Morgan fingerprint density at radius 1 is 0.933 bits per heavy atom. The number of rotatable bonds is 1. The Morgan fingerprint density at radius 2 is 1.60 bits per heavy atom. The molecular weight excluding hydrogens is 182 g/mol. The Morgan fingerprint density at radius 3 is 2.33 bits per heavy atom. The van der Waals surface area contributed by atoms with Crippen molar-refractivity contribution in [1.82, 2.24) is 5.32 Å². The van der Waals surface area contributed by atoms with Crippen LogP contribution in [0.2, 0.25) is 0 Å². The molecule has 1 saturated carbocycles. The van der Waals surface area contributed by atoms with E-state index < -0.39 is 0 Å². The van der Waals surface area contributed by atoms with Gasteiger partial charge in [0, 0.05) is 11.6 Å². The highest BCUT2D eigenvalue weighted by molar-refractivity contribution is 4.94. The highest BCUT2D eigenvalue weighted by Crippen LogP contribution is 2.37. The molecule has 0 radical (unpaired) electrons. The van der Waals surface area contributed by atoms with E-state index in [1.807, 2.05) is 0 Å². The first-order chi connectivity index (χ1) is 7.21. The smallest absolute Gasteiger partial charge is 0.0183 e. The number of hydrogen-bond donors (Lipinski definition) is 1. The Hall–Kier alpha value is -0.0400. The lowest BCUT2D eigenvalue weighted by Crippen LogP contribution is -2.51. The van der Waals surface area contributed by atoms with Gasteiger partial charge in [-0.2, -0.15) is 0 Å². The molecule has 0 spiro atoms. The van der Waals surface area contributed by atoms with Gasteiger partial charge in [0.05, 0.1) is 0 Å². The van der Waals surface area contributed by atoms with Crippen molar-refractivity contribution in [2.75, 3.05) is 0 Å². The lowest BCUT2D eigenvalue weighted by Gasteiger charge is -2.41. The first-order valence-electron chi connectivity index (χ1n) is 6.98. The fraction of sp³-hybridized carbons (Fsp3) is 1.00. The normalized spacial score (nSPS) is 40.0. The Labute approximate surface area is 95.0 Å². The molecule has 1 saturated heterocycles. The first-order valence-corrected chi connectivity index (χ1v) is 6.98. The Bertz CT molecular complexity index is 196. The van der Waals surface area contributed by atoms with Gasteiger partial charge >= 0.3 is 0 Å². The van der Waals surface area contributed by atoms with Crippen LogP contribution in [0, 0.1) is 5.92 Å². The molecule has 1 N–H and O–H groups in total. The highest BCUT2D eigenvalue weighted by Gasteiger charge is 2.36. The summed E-state index contributed by atoms with van der Waals surface area (Å²) < 4.78 is 0. The molecule has 15 heavy (non-hydrogen) atoms. The van der Waals surface area contributed by atoms with Crippen molar-refractivity contribution in [2.45, 2.75) is 83.2 Å². The molecule has 1 aliphatic heterocycles. The van der Waals surface area contributed by atoms with Gasteiger partial charge in [-0.25, -0.2) is 0 Å². The highest BCUT2D eigenvalue weighted by atomic mass is 15.0. The second-order valence-electron chi connectivity index (χ2n) is 6.04. The lowest BCUT2D eigenvalue weighted by molar-refractivity contribution is 0.160. The van der Waals surface area contributed by atoms with Crippen LogP contribution in [-0.2, 0) is 0 Å². The first kappa shape index (κ1) is 11.4. The SMILES string of the molecule is CC1CCCCC(C)(C2CCCCC2)N1. The average Bonchev–Trinajstić information content (AvgIpc) is 2.42. The minimum Gasteiger partial charge on any atom is -0.309 e. The summed E-state index contributed by atoms with van der Waals surface area (Å²) in [5, 5.41) is 3.92. The second kappa shape index (κ2) is 4.86. The van der Waals surface area contributed by atoms with E-state index in [2.05, 4.69) is 19.2 Å². The number of hydrogen-bond acceptors (Lipinski definition) is 1. The van der Waals surface area contributed by atoms with Crippen LogP contribution in [0.4, 0.5) is 0 Å². The number of nitrogens with one attached hydrogen (secondary N) is 1. The van der Waals surface area contributed by atoms with Crippen molar-refractivity contribution in [3.63, 3.8) is 0 Å². The van der Waals surface area contributed by atoms with Crippen LogP contribution in [0.1, 0.15) is 71.6 Å². The van der Waals surface area contributed by atoms with Gasteiger partial charge in [-0.05, 0) is 45.4 Å². The van der Waals surface area contributed by atoms with Crippen LogP contribution >= 0.6 is 0 Å². The summed E-state index contributed by atoms with van der Waals surface area (Å²) in [6.07, 6.45) is 13.0. The molecular formula is C14H27N. The third-order valence-corrected chi connectivity index (χ3v) is 4.67. The van der Waals surface area contributed by atoms with Gasteiger partial charge in [-0.3, -0.25) is 0 Å². The summed E-state index contributed by atoms with van der Waals surface area (Å²) >= 11 is 0. The lowest BCUT2D eigenvalue weighted by atomic mass is 9.73. The topological polar surface area (TPSA) is 12.0 Å². The molecule has 1 heteroatoms. The van der Waals surface area contributed by atoms with E-state index in [-0.39, 0.29) is 0 Å². The summed E-state index contributed by atoms with van der Waals surface area (Å²) in [5.74, 6) is 0.951. The second-order valence-corrected chi connectivity index (χ2v) is 6.04. The van der Waals surface area contributed by atoms with Crippen LogP contribution in [-0.4, -0.2) is 11.6 Å². The molecule has 2 fully saturated rings. The van der Waals surface area contributed by atoms with Gasteiger partial charge in [0.2, 0.25) is 0 Å². The van der Waals surface area contributed by atoms with Crippen molar-refractivity contribution in [1.29, 1.82) is 0 Å². The summed E-state index contributed by atoms with van der Waals surface area (Å²) in [4.78, 5) is 0. The van der Waals surface area contributed by atoms with Gasteiger partial charge in [-0.15, -0.1) is 0 Å². The maximum absolute atomic E-state index is 3.92. The van der Waals surface area contributed by atoms with Crippen molar-refractivity contribution >= 4 is 0 Å². The maximum atomic E-state index is 3.92. The van der Waals surface area contributed by atoms with E-state index in [0.29, 0.717) is 5.54 Å². The predicted octanol–water partition coefficient (Wildman–Crippen LogP) is 3.88. The largest absolute Gasteiger partial charge is 0.309 e. The van der Waals surface area contributed by atoms with E-state index in [1.165, 1.54) is 57.8 Å². The van der Waals surface area contributed by atoms with Crippen LogP contribution in [0.5, 0.6) is 0 Å². The molecule has 0 aromatic carbocycles. The molecule has 2 aliphatic rings. The molecule has 2 unspecified atom stereocenters. The monoisotopic (exact) mass is 209 g/mol. The molecule has 1 heterocycles. The van der Waals surface area contributed by atoms with Crippen LogP contribution in [0.25, 0.3) is 0 Å². The third kappa shape index (κ3) is 2.75. The molecule has 88 valence electrons. The van der Waals surface area contributed by atoms with Gasteiger partial charge < -0.3 is 5.32 Å². The summed E-state index contributed by atoms with van der Waals surface area (Å²) in [6.45, 7) is 4.86. The van der Waals surface area contributed by atoms with Gasteiger partial charge in [0.25, 0.3) is 0 Å². The molecule has 0 aromatic rings. The van der Waals surface area contributed by atoms with Gasteiger partial charge in [0.15, 0.2) is 0 Å². The quantitative estimate of drug-likeness (QED) is 0.691. The Kier molecular flexibility index (Phi) is 3.71. The van der Waals surface area contributed by atoms with Crippen molar-refractivity contribution < 1.29 is 0 Å².